The van der Waals surface area contributed by atoms with Crippen molar-refractivity contribution in [1.82, 2.24) is 25.0 Å². The Morgan fingerprint density at radius 3 is 2.77 bits per heavy atom. The van der Waals surface area contributed by atoms with Crippen LogP contribution in [0.15, 0.2) is 46.0 Å². The number of nitrogens with zero attached hydrogens (tertiary/aromatic N) is 5. The number of aromatic nitrogens is 1. The first-order valence-electron chi connectivity index (χ1n) is 13.9. The molecule has 13 heteroatoms. The predicted molar refractivity (Wildman–Crippen MR) is 158 cm³/mol. The molecule has 0 unspecified atom stereocenters. The molecule has 0 bridgehead atoms. The summed E-state index contributed by atoms with van der Waals surface area (Å²) in [4.78, 5) is 53.0. The molecule has 3 aliphatic rings. The standard InChI is InChI=1S/C30H33FN6O5S/c1-5-18-13-19(31)7-8-21(18)24-23(27(38)42-6-2)22(33-25(34-24)26-32-9-12-43-26)16-35-10-11-37-20(14-35)15-36(29(37)41)17-30(3,4)28(39)40/h1,7-9,12-13,20,24H,6,10-11,14-17H2,2-4H3,(H,33,34)(H,39,40)/t20-,24+/m0/s1. The van der Waals surface area contributed by atoms with Gasteiger partial charge in [0.05, 0.1) is 23.6 Å². The zero-order valence-electron chi connectivity index (χ0n) is 24.2. The van der Waals surface area contributed by atoms with Crippen molar-refractivity contribution in [1.29, 1.82) is 0 Å². The molecule has 5 rings (SSSR count). The topological polar surface area (TPSA) is 128 Å². The number of terminal acetylenes is 1. The van der Waals surface area contributed by atoms with Gasteiger partial charge < -0.3 is 25.0 Å². The van der Waals surface area contributed by atoms with E-state index in [4.69, 9.17) is 16.2 Å². The number of carboxylic acid groups (broad SMARTS) is 1. The molecule has 0 aliphatic carbocycles. The van der Waals surface area contributed by atoms with Crippen molar-refractivity contribution in [3.63, 3.8) is 0 Å². The lowest BCUT2D eigenvalue weighted by atomic mass is 9.91. The van der Waals surface area contributed by atoms with Crippen molar-refractivity contribution in [2.24, 2.45) is 10.4 Å². The second kappa shape index (κ2) is 12.1. The molecular weight excluding hydrogens is 575 g/mol. The van der Waals surface area contributed by atoms with Gasteiger partial charge in [-0.05, 0) is 38.5 Å². The fraction of sp³-hybridized carbons (Fsp3) is 0.433. The molecule has 2 saturated heterocycles. The average Bonchev–Trinajstić information content (AvgIpc) is 3.61. The Bertz CT molecular complexity index is 1530. The summed E-state index contributed by atoms with van der Waals surface area (Å²) in [6, 6.07) is 2.88. The molecule has 1 aromatic carbocycles. The number of benzene rings is 1. The number of thiazole rings is 1. The van der Waals surface area contributed by atoms with Crippen molar-refractivity contribution >= 4 is 35.1 Å². The minimum Gasteiger partial charge on any atom is -0.481 e. The van der Waals surface area contributed by atoms with E-state index in [1.165, 1.54) is 29.5 Å². The summed E-state index contributed by atoms with van der Waals surface area (Å²) in [7, 11) is 0. The van der Waals surface area contributed by atoms with Crippen molar-refractivity contribution < 1.29 is 28.6 Å². The van der Waals surface area contributed by atoms with E-state index in [-0.39, 0.29) is 36.4 Å². The second-order valence-electron chi connectivity index (χ2n) is 11.3. The number of ether oxygens (including phenoxy) is 1. The lowest BCUT2D eigenvalue weighted by Crippen LogP contribution is -2.53. The Morgan fingerprint density at radius 1 is 1.30 bits per heavy atom. The minimum absolute atomic E-state index is 0.110. The summed E-state index contributed by atoms with van der Waals surface area (Å²) in [6.07, 6.45) is 7.40. The van der Waals surface area contributed by atoms with Crippen LogP contribution in [0, 0.1) is 23.6 Å². The van der Waals surface area contributed by atoms with Crippen LogP contribution in [0.5, 0.6) is 0 Å². The SMILES string of the molecule is C#Cc1cc(F)ccc1[C@H]1N=C(c2nccs2)NC(CN2CCN3C(=O)N(CC(C)(C)C(=O)O)C[C@@H]3C2)=C1C(=O)OCC. The van der Waals surface area contributed by atoms with Crippen LogP contribution in [-0.4, -0.2) is 101 Å². The zero-order valence-corrected chi connectivity index (χ0v) is 25.0. The van der Waals surface area contributed by atoms with Crippen molar-refractivity contribution in [2.45, 2.75) is 32.9 Å². The van der Waals surface area contributed by atoms with E-state index in [1.807, 2.05) is 5.38 Å². The highest BCUT2D eigenvalue weighted by molar-refractivity contribution is 7.11. The number of nitrogens with one attached hydrogen (secondary N) is 1. The van der Waals surface area contributed by atoms with Gasteiger partial charge in [-0.15, -0.1) is 17.8 Å². The van der Waals surface area contributed by atoms with Gasteiger partial charge in [0.25, 0.3) is 0 Å². The Balaban J connectivity index is 1.47. The number of hydrogen-bond acceptors (Lipinski definition) is 9. The number of esters is 1. The lowest BCUT2D eigenvalue weighted by Gasteiger charge is -2.38. The summed E-state index contributed by atoms with van der Waals surface area (Å²) in [5.74, 6) is 0.942. The van der Waals surface area contributed by atoms with E-state index in [2.05, 4.69) is 21.1 Å². The summed E-state index contributed by atoms with van der Waals surface area (Å²) >= 11 is 1.38. The van der Waals surface area contributed by atoms with E-state index in [9.17, 15) is 23.9 Å². The van der Waals surface area contributed by atoms with Crippen LogP contribution in [-0.2, 0) is 14.3 Å². The number of hydrogen-bond donors (Lipinski definition) is 2. The van der Waals surface area contributed by atoms with Gasteiger partial charge in [-0.1, -0.05) is 12.0 Å². The molecule has 4 heterocycles. The number of urea groups is 1. The fourth-order valence-corrected chi connectivity index (χ4v) is 6.21. The minimum atomic E-state index is -1.08. The first-order chi connectivity index (χ1) is 20.5. The molecule has 226 valence electrons. The smallest absolute Gasteiger partial charge is 0.338 e. The number of carbonyl (C=O) groups excluding carboxylic acids is 2. The third-order valence-electron chi connectivity index (χ3n) is 7.78. The number of aliphatic carboxylic acids is 1. The van der Waals surface area contributed by atoms with Crippen LogP contribution in [0.3, 0.4) is 0 Å². The van der Waals surface area contributed by atoms with Gasteiger partial charge in [-0.2, -0.15) is 0 Å². The van der Waals surface area contributed by atoms with Crippen LogP contribution >= 0.6 is 11.3 Å². The van der Waals surface area contributed by atoms with Gasteiger partial charge in [0.15, 0.2) is 10.8 Å². The number of carboxylic acids is 1. The van der Waals surface area contributed by atoms with E-state index < -0.39 is 29.2 Å². The number of fused-ring (bicyclic) bond motifs is 1. The van der Waals surface area contributed by atoms with Gasteiger partial charge in [0.1, 0.15) is 11.9 Å². The van der Waals surface area contributed by atoms with Gasteiger partial charge in [-0.25, -0.2) is 19.0 Å². The van der Waals surface area contributed by atoms with Crippen LogP contribution in [0.4, 0.5) is 9.18 Å². The predicted octanol–water partition coefficient (Wildman–Crippen LogP) is 2.70. The third-order valence-corrected chi connectivity index (χ3v) is 8.56. The van der Waals surface area contributed by atoms with Crippen LogP contribution in [0.1, 0.15) is 42.9 Å². The maximum Gasteiger partial charge on any atom is 0.338 e. The molecule has 0 saturated carbocycles. The van der Waals surface area contributed by atoms with E-state index in [0.29, 0.717) is 54.8 Å². The maximum absolute atomic E-state index is 14.1. The summed E-state index contributed by atoms with van der Waals surface area (Å²) < 4.78 is 19.6. The number of amides is 2. The molecule has 43 heavy (non-hydrogen) atoms. The molecule has 2 atom stereocenters. The van der Waals surface area contributed by atoms with Crippen LogP contribution < -0.4 is 5.32 Å². The largest absolute Gasteiger partial charge is 0.481 e. The van der Waals surface area contributed by atoms with Crippen LogP contribution in [0.25, 0.3) is 0 Å². The Hall–Kier alpha value is -4.28. The quantitative estimate of drug-likeness (QED) is 0.329. The summed E-state index contributed by atoms with van der Waals surface area (Å²) in [6.45, 7) is 7.37. The first-order valence-corrected chi connectivity index (χ1v) is 14.8. The van der Waals surface area contributed by atoms with Crippen molar-refractivity contribution in [3.8, 4) is 12.3 Å². The van der Waals surface area contributed by atoms with Gasteiger partial charge >= 0.3 is 18.0 Å². The number of halogens is 1. The molecule has 11 nitrogen and oxygen atoms in total. The Morgan fingerprint density at radius 2 is 2.09 bits per heavy atom. The molecule has 2 N–H and O–H groups in total. The van der Waals surface area contributed by atoms with Crippen LogP contribution in [0.2, 0.25) is 0 Å². The van der Waals surface area contributed by atoms with Gasteiger partial charge in [0, 0.05) is 62.1 Å². The molecule has 3 aliphatic heterocycles. The number of amidine groups is 1. The highest BCUT2D eigenvalue weighted by Gasteiger charge is 2.44. The zero-order chi connectivity index (χ0) is 30.9. The maximum atomic E-state index is 14.1. The second-order valence-corrected chi connectivity index (χ2v) is 12.2. The number of piperazine rings is 1. The molecule has 1 aromatic heterocycles. The van der Waals surface area contributed by atoms with Gasteiger partial charge in [-0.3, -0.25) is 14.7 Å². The molecule has 2 fully saturated rings. The Kier molecular flexibility index (Phi) is 8.52. The average molecular weight is 609 g/mol. The molecule has 0 spiro atoms. The highest BCUT2D eigenvalue weighted by Crippen LogP contribution is 2.35. The van der Waals surface area contributed by atoms with Crippen molar-refractivity contribution in [3.05, 3.63) is 63.0 Å². The monoisotopic (exact) mass is 608 g/mol. The van der Waals surface area contributed by atoms with E-state index >= 15 is 0 Å². The molecule has 2 aromatic rings. The van der Waals surface area contributed by atoms with E-state index in [1.54, 1.807) is 36.8 Å². The number of carbonyl (C=O) groups is 3. The molecule has 0 radical (unpaired) electrons. The number of rotatable bonds is 9. The molecular formula is C30H33FN6O5S. The van der Waals surface area contributed by atoms with E-state index in [0.717, 1.165) is 0 Å². The normalized spacial score (nSPS) is 20.8. The summed E-state index contributed by atoms with van der Waals surface area (Å²) in [5, 5.41) is 15.3. The first kappa shape index (κ1) is 30.2. The van der Waals surface area contributed by atoms with Gasteiger partial charge in [0.2, 0.25) is 0 Å². The number of aliphatic imine (C=N–C) groups is 1. The Labute approximate surface area is 253 Å². The third kappa shape index (κ3) is 6.11. The van der Waals surface area contributed by atoms with Crippen molar-refractivity contribution in [2.75, 3.05) is 45.9 Å². The fourth-order valence-electron chi connectivity index (χ4n) is 5.62. The summed E-state index contributed by atoms with van der Waals surface area (Å²) in [5.41, 5.74) is 0.506. The lowest BCUT2D eigenvalue weighted by molar-refractivity contribution is -0.147. The highest BCUT2D eigenvalue weighted by atomic mass is 32.1. The molecule has 2 amide bonds.